The van der Waals surface area contributed by atoms with Gasteiger partial charge in [-0.1, -0.05) is 44.2 Å². The van der Waals surface area contributed by atoms with Gasteiger partial charge in [-0.15, -0.1) is 0 Å². The van der Waals surface area contributed by atoms with Crippen LogP contribution >= 0.6 is 0 Å². The van der Waals surface area contributed by atoms with Crippen LogP contribution in [0.5, 0.6) is 0 Å². The van der Waals surface area contributed by atoms with Crippen molar-refractivity contribution in [2.24, 2.45) is 5.92 Å². The molecule has 1 aliphatic rings. The van der Waals surface area contributed by atoms with E-state index in [1.54, 1.807) is 12.1 Å². The van der Waals surface area contributed by atoms with Crippen LogP contribution in [0.15, 0.2) is 42.5 Å². The fourth-order valence-electron chi connectivity index (χ4n) is 2.97. The Kier molecular flexibility index (Phi) is 5.29. The van der Waals surface area contributed by atoms with Crippen LogP contribution in [0.2, 0.25) is 0 Å². The lowest BCUT2D eigenvalue weighted by Gasteiger charge is -2.08. The molecular formula is C21H23NO3. The quantitative estimate of drug-likeness (QED) is 0.669. The maximum Gasteiger partial charge on any atom is 0.251 e. The summed E-state index contributed by atoms with van der Waals surface area (Å²) < 4.78 is 5.50. The van der Waals surface area contributed by atoms with E-state index in [1.807, 2.05) is 30.3 Å². The first kappa shape index (κ1) is 17.4. The van der Waals surface area contributed by atoms with Gasteiger partial charge in [0.15, 0.2) is 5.78 Å². The van der Waals surface area contributed by atoms with Crippen molar-refractivity contribution in [3.63, 3.8) is 0 Å². The molecule has 2 aromatic carbocycles. The second-order valence-corrected chi connectivity index (χ2v) is 6.71. The minimum absolute atomic E-state index is 0.0117. The highest BCUT2D eigenvalue weighted by Crippen LogP contribution is 2.36. The minimum atomic E-state index is -0.157. The topological polar surface area (TPSA) is 55.4 Å². The predicted octanol–water partition coefficient (Wildman–Crippen LogP) is 3.69. The number of hydrogen-bond donors (Lipinski definition) is 1. The molecule has 0 radical (unpaired) electrons. The number of benzene rings is 2. The van der Waals surface area contributed by atoms with Crippen LogP contribution in [0.4, 0.5) is 0 Å². The number of carbonyl (C=O) groups excluding carboxylic acids is 2. The van der Waals surface area contributed by atoms with Crippen molar-refractivity contribution < 1.29 is 14.3 Å². The summed E-state index contributed by atoms with van der Waals surface area (Å²) in [6, 6.07) is 12.9. The highest BCUT2D eigenvalue weighted by atomic mass is 16.5. The number of ketones is 1. The summed E-state index contributed by atoms with van der Waals surface area (Å²) in [6.45, 7) is 6.14. The third kappa shape index (κ3) is 3.80. The van der Waals surface area contributed by atoms with Crippen molar-refractivity contribution in [2.75, 3.05) is 19.8 Å². The Morgan fingerprint density at radius 1 is 1.04 bits per heavy atom. The average Bonchev–Trinajstić information content (AvgIpc) is 2.90. The third-order valence-corrected chi connectivity index (χ3v) is 4.19. The molecule has 0 atom stereocenters. The minimum Gasteiger partial charge on any atom is -0.381 e. The van der Waals surface area contributed by atoms with E-state index in [4.69, 9.17) is 4.74 Å². The van der Waals surface area contributed by atoms with Gasteiger partial charge in [0.2, 0.25) is 0 Å². The van der Waals surface area contributed by atoms with Crippen LogP contribution in [0.3, 0.4) is 0 Å². The van der Waals surface area contributed by atoms with Gasteiger partial charge in [-0.2, -0.15) is 0 Å². The van der Waals surface area contributed by atoms with Crippen molar-refractivity contribution in [1.82, 2.24) is 5.32 Å². The highest BCUT2D eigenvalue weighted by molar-refractivity contribution is 6.22. The lowest BCUT2D eigenvalue weighted by molar-refractivity contribution is 0.0925. The summed E-state index contributed by atoms with van der Waals surface area (Å²) in [7, 11) is 0. The van der Waals surface area contributed by atoms with E-state index in [0.717, 1.165) is 24.2 Å². The molecule has 4 heteroatoms. The molecule has 0 bridgehead atoms. The van der Waals surface area contributed by atoms with Gasteiger partial charge < -0.3 is 10.1 Å². The zero-order chi connectivity index (χ0) is 17.8. The molecule has 0 saturated carbocycles. The van der Waals surface area contributed by atoms with E-state index in [2.05, 4.69) is 19.2 Å². The predicted molar refractivity (Wildman–Crippen MR) is 97.9 cm³/mol. The van der Waals surface area contributed by atoms with Gasteiger partial charge in [-0.25, -0.2) is 0 Å². The number of fused-ring (bicyclic) bond motifs is 3. The lowest BCUT2D eigenvalue weighted by atomic mass is 10.0. The number of hydrogen-bond acceptors (Lipinski definition) is 3. The molecule has 0 aliphatic heterocycles. The summed E-state index contributed by atoms with van der Waals surface area (Å²) in [4.78, 5) is 24.8. The van der Waals surface area contributed by atoms with Gasteiger partial charge in [0.1, 0.15) is 0 Å². The smallest absolute Gasteiger partial charge is 0.251 e. The van der Waals surface area contributed by atoms with E-state index < -0.39 is 0 Å². The van der Waals surface area contributed by atoms with E-state index >= 15 is 0 Å². The van der Waals surface area contributed by atoms with Crippen molar-refractivity contribution in [2.45, 2.75) is 20.3 Å². The molecule has 0 heterocycles. The van der Waals surface area contributed by atoms with Gasteiger partial charge in [-0.05, 0) is 35.6 Å². The number of ether oxygens (including phenoxy) is 1. The summed E-state index contributed by atoms with van der Waals surface area (Å²) in [6.07, 6.45) is 0.772. The summed E-state index contributed by atoms with van der Waals surface area (Å²) in [5, 5.41) is 2.88. The number of rotatable bonds is 7. The first-order chi connectivity index (χ1) is 12.1. The molecular weight excluding hydrogens is 314 g/mol. The first-order valence-electron chi connectivity index (χ1n) is 8.72. The second kappa shape index (κ2) is 7.62. The molecule has 25 heavy (non-hydrogen) atoms. The Hall–Kier alpha value is -2.46. The molecule has 2 aromatic rings. The SMILES string of the molecule is CC(C)COCCCNC(=O)c1ccc2c(c1)C(=O)c1ccccc1-2. The Balaban J connectivity index is 1.60. The highest BCUT2D eigenvalue weighted by Gasteiger charge is 2.26. The van der Waals surface area contributed by atoms with Gasteiger partial charge in [-0.3, -0.25) is 9.59 Å². The lowest BCUT2D eigenvalue weighted by Crippen LogP contribution is -2.25. The van der Waals surface area contributed by atoms with Crippen molar-refractivity contribution >= 4 is 11.7 Å². The molecule has 0 fully saturated rings. The Labute approximate surface area is 148 Å². The third-order valence-electron chi connectivity index (χ3n) is 4.19. The first-order valence-corrected chi connectivity index (χ1v) is 8.72. The molecule has 1 amide bonds. The Morgan fingerprint density at radius 3 is 2.52 bits per heavy atom. The molecule has 4 nitrogen and oxygen atoms in total. The number of amides is 1. The standard InChI is InChI=1S/C21H23NO3/c1-14(2)13-25-11-5-10-22-21(24)15-8-9-17-16-6-3-4-7-18(16)20(23)19(17)12-15/h3-4,6-9,12,14H,5,10-11,13H2,1-2H3,(H,22,24). The average molecular weight is 337 g/mol. The maximum absolute atomic E-state index is 12.5. The fraction of sp³-hybridized carbons (Fsp3) is 0.333. The second-order valence-electron chi connectivity index (χ2n) is 6.71. The molecule has 1 aliphatic carbocycles. The Morgan fingerprint density at radius 2 is 1.76 bits per heavy atom. The summed E-state index contributed by atoms with van der Waals surface area (Å²) >= 11 is 0. The van der Waals surface area contributed by atoms with Crippen LogP contribution < -0.4 is 5.32 Å². The van der Waals surface area contributed by atoms with Crippen LogP contribution in [0, 0.1) is 5.92 Å². The van der Waals surface area contributed by atoms with Crippen LogP contribution in [0.1, 0.15) is 46.5 Å². The summed E-state index contributed by atoms with van der Waals surface area (Å²) in [5.74, 6) is 0.348. The molecule has 0 saturated heterocycles. The zero-order valence-corrected chi connectivity index (χ0v) is 14.7. The molecule has 0 spiro atoms. The van der Waals surface area contributed by atoms with Crippen LogP contribution in [-0.4, -0.2) is 31.4 Å². The van der Waals surface area contributed by atoms with E-state index in [0.29, 0.717) is 35.8 Å². The molecule has 130 valence electrons. The molecule has 3 rings (SSSR count). The van der Waals surface area contributed by atoms with Crippen molar-refractivity contribution in [3.8, 4) is 11.1 Å². The van der Waals surface area contributed by atoms with Gasteiger partial charge in [0.25, 0.3) is 5.91 Å². The van der Waals surface area contributed by atoms with Gasteiger partial charge in [0, 0.05) is 36.4 Å². The fourth-order valence-corrected chi connectivity index (χ4v) is 2.97. The molecule has 1 N–H and O–H groups in total. The number of nitrogens with one attached hydrogen (secondary N) is 1. The van der Waals surface area contributed by atoms with Crippen molar-refractivity contribution in [3.05, 3.63) is 59.2 Å². The molecule has 0 unspecified atom stereocenters. The van der Waals surface area contributed by atoms with Gasteiger partial charge >= 0.3 is 0 Å². The largest absolute Gasteiger partial charge is 0.381 e. The van der Waals surface area contributed by atoms with Crippen LogP contribution in [-0.2, 0) is 4.74 Å². The normalized spacial score (nSPS) is 12.2. The Bertz CT molecular complexity index is 795. The van der Waals surface area contributed by atoms with E-state index in [9.17, 15) is 9.59 Å². The van der Waals surface area contributed by atoms with Crippen molar-refractivity contribution in [1.29, 1.82) is 0 Å². The summed E-state index contributed by atoms with van der Waals surface area (Å²) in [5.41, 5.74) is 3.67. The van der Waals surface area contributed by atoms with E-state index in [-0.39, 0.29) is 11.7 Å². The molecule has 0 aromatic heterocycles. The van der Waals surface area contributed by atoms with Gasteiger partial charge in [0.05, 0.1) is 0 Å². The van der Waals surface area contributed by atoms with Crippen LogP contribution in [0.25, 0.3) is 11.1 Å². The number of carbonyl (C=O) groups is 2. The maximum atomic E-state index is 12.5. The van der Waals surface area contributed by atoms with E-state index in [1.165, 1.54) is 0 Å². The monoisotopic (exact) mass is 337 g/mol. The zero-order valence-electron chi connectivity index (χ0n) is 14.7.